The van der Waals surface area contributed by atoms with Crippen LogP contribution in [0.2, 0.25) is 0 Å². The number of hydrogen-bond acceptors (Lipinski definition) is 5. The molecule has 2 aromatic carbocycles. The van der Waals surface area contributed by atoms with Crippen LogP contribution in [0, 0.1) is 5.41 Å². The Labute approximate surface area is 167 Å². The fourth-order valence-corrected chi connectivity index (χ4v) is 4.26. The van der Waals surface area contributed by atoms with Crippen molar-refractivity contribution >= 4 is 0 Å². The molecular formula is C23H31NO4. The molecule has 3 rings (SSSR count). The van der Waals surface area contributed by atoms with Crippen molar-refractivity contribution in [1.82, 2.24) is 4.90 Å². The SMILES string of the molecule is COc1cc(OC)c(OC)cc1CN1CCC[C@](CO)(Cc2ccccc2)C1. The Morgan fingerprint density at radius 3 is 2.29 bits per heavy atom. The second kappa shape index (κ2) is 9.30. The maximum Gasteiger partial charge on any atom is 0.164 e. The van der Waals surface area contributed by atoms with Crippen molar-refractivity contribution in [1.29, 1.82) is 0 Å². The van der Waals surface area contributed by atoms with Crippen LogP contribution in [0.3, 0.4) is 0 Å². The van der Waals surface area contributed by atoms with Gasteiger partial charge >= 0.3 is 0 Å². The van der Waals surface area contributed by atoms with E-state index < -0.39 is 0 Å². The van der Waals surface area contributed by atoms with Crippen LogP contribution in [-0.2, 0) is 13.0 Å². The molecule has 1 heterocycles. The minimum Gasteiger partial charge on any atom is -0.496 e. The van der Waals surface area contributed by atoms with Crippen LogP contribution in [0.4, 0.5) is 0 Å². The quantitative estimate of drug-likeness (QED) is 0.753. The summed E-state index contributed by atoms with van der Waals surface area (Å²) in [5, 5.41) is 10.3. The molecule has 1 aliphatic rings. The molecule has 28 heavy (non-hydrogen) atoms. The number of aliphatic hydroxyl groups is 1. The van der Waals surface area contributed by atoms with Gasteiger partial charge in [-0.15, -0.1) is 0 Å². The third-order valence-electron chi connectivity index (χ3n) is 5.68. The van der Waals surface area contributed by atoms with Gasteiger partial charge in [0.25, 0.3) is 0 Å². The first-order chi connectivity index (χ1) is 13.6. The second-order valence-electron chi connectivity index (χ2n) is 7.65. The highest BCUT2D eigenvalue weighted by molar-refractivity contribution is 5.50. The van der Waals surface area contributed by atoms with Gasteiger partial charge in [0.05, 0.1) is 27.9 Å². The van der Waals surface area contributed by atoms with Gasteiger partial charge in [-0.05, 0) is 37.4 Å². The lowest BCUT2D eigenvalue weighted by Crippen LogP contribution is -2.46. The van der Waals surface area contributed by atoms with E-state index in [1.54, 1.807) is 21.3 Å². The summed E-state index contributed by atoms with van der Waals surface area (Å²) in [6, 6.07) is 14.3. The van der Waals surface area contributed by atoms with Crippen molar-refractivity contribution in [2.75, 3.05) is 41.0 Å². The molecule has 0 aliphatic carbocycles. The molecule has 0 radical (unpaired) electrons. The van der Waals surface area contributed by atoms with Gasteiger partial charge in [0, 0.05) is 30.1 Å². The van der Waals surface area contributed by atoms with Crippen molar-refractivity contribution in [3.05, 3.63) is 53.6 Å². The molecule has 0 aromatic heterocycles. The lowest BCUT2D eigenvalue weighted by Gasteiger charge is -2.42. The predicted octanol–water partition coefficient (Wildman–Crippen LogP) is 3.53. The topological polar surface area (TPSA) is 51.2 Å². The smallest absolute Gasteiger partial charge is 0.164 e. The average molecular weight is 386 g/mol. The molecule has 1 aliphatic heterocycles. The van der Waals surface area contributed by atoms with E-state index in [0.717, 1.165) is 50.2 Å². The summed E-state index contributed by atoms with van der Waals surface area (Å²) >= 11 is 0. The minimum atomic E-state index is -0.108. The van der Waals surface area contributed by atoms with E-state index in [4.69, 9.17) is 14.2 Å². The van der Waals surface area contributed by atoms with Crippen LogP contribution in [0.25, 0.3) is 0 Å². The molecule has 152 valence electrons. The van der Waals surface area contributed by atoms with E-state index in [9.17, 15) is 5.11 Å². The molecule has 5 heteroatoms. The number of hydrogen-bond donors (Lipinski definition) is 1. The molecular weight excluding hydrogens is 354 g/mol. The van der Waals surface area contributed by atoms with Crippen molar-refractivity contribution in [3.8, 4) is 17.2 Å². The Hall–Kier alpha value is -2.24. The third kappa shape index (κ3) is 4.59. The summed E-state index contributed by atoms with van der Waals surface area (Å²) in [6.45, 7) is 2.81. The van der Waals surface area contributed by atoms with Gasteiger partial charge in [-0.1, -0.05) is 30.3 Å². The van der Waals surface area contributed by atoms with E-state index in [0.29, 0.717) is 11.5 Å². The average Bonchev–Trinajstić information content (AvgIpc) is 2.74. The van der Waals surface area contributed by atoms with Crippen molar-refractivity contribution in [2.24, 2.45) is 5.41 Å². The molecule has 0 bridgehead atoms. The summed E-state index contributed by atoms with van der Waals surface area (Å²) < 4.78 is 16.4. The number of likely N-dealkylation sites (tertiary alicyclic amines) is 1. The minimum absolute atomic E-state index is 0.108. The lowest BCUT2D eigenvalue weighted by atomic mass is 9.75. The van der Waals surface area contributed by atoms with E-state index in [1.807, 2.05) is 18.2 Å². The van der Waals surface area contributed by atoms with E-state index in [1.165, 1.54) is 5.56 Å². The van der Waals surface area contributed by atoms with Crippen LogP contribution in [0.15, 0.2) is 42.5 Å². The fraction of sp³-hybridized carbons (Fsp3) is 0.478. The van der Waals surface area contributed by atoms with Gasteiger partial charge in [-0.2, -0.15) is 0 Å². The van der Waals surface area contributed by atoms with Gasteiger partial charge in [0.15, 0.2) is 11.5 Å². The van der Waals surface area contributed by atoms with Gasteiger partial charge < -0.3 is 19.3 Å². The molecule has 1 fully saturated rings. The molecule has 0 unspecified atom stereocenters. The maximum atomic E-state index is 10.3. The summed E-state index contributed by atoms with van der Waals surface area (Å²) in [5.74, 6) is 2.16. The van der Waals surface area contributed by atoms with Crippen LogP contribution in [-0.4, -0.2) is 51.0 Å². The molecule has 1 N–H and O–H groups in total. The zero-order valence-electron chi connectivity index (χ0n) is 17.1. The fourth-order valence-electron chi connectivity index (χ4n) is 4.26. The number of aliphatic hydroxyl groups excluding tert-OH is 1. The van der Waals surface area contributed by atoms with Crippen LogP contribution < -0.4 is 14.2 Å². The Kier molecular flexibility index (Phi) is 6.81. The molecule has 0 amide bonds. The number of ether oxygens (including phenoxy) is 3. The summed E-state index contributed by atoms with van der Waals surface area (Å²) in [6.07, 6.45) is 3.00. The van der Waals surface area contributed by atoms with E-state index >= 15 is 0 Å². The monoisotopic (exact) mass is 385 g/mol. The Morgan fingerprint density at radius 1 is 0.964 bits per heavy atom. The highest BCUT2D eigenvalue weighted by Gasteiger charge is 2.35. The first-order valence-electron chi connectivity index (χ1n) is 9.79. The van der Waals surface area contributed by atoms with E-state index in [2.05, 4.69) is 29.2 Å². The molecule has 0 saturated carbocycles. The maximum absolute atomic E-state index is 10.3. The number of nitrogens with zero attached hydrogens (tertiary/aromatic N) is 1. The lowest BCUT2D eigenvalue weighted by molar-refractivity contribution is 0.0285. The number of benzene rings is 2. The zero-order valence-corrected chi connectivity index (χ0v) is 17.1. The number of rotatable bonds is 8. The highest BCUT2D eigenvalue weighted by atomic mass is 16.5. The van der Waals surface area contributed by atoms with Crippen LogP contribution >= 0.6 is 0 Å². The molecule has 2 aromatic rings. The first kappa shape index (κ1) is 20.5. The normalized spacial score (nSPS) is 20.0. The molecule has 1 atom stereocenters. The molecule has 0 spiro atoms. The van der Waals surface area contributed by atoms with Gasteiger partial charge in [-0.3, -0.25) is 4.90 Å². The Balaban J connectivity index is 1.79. The third-order valence-corrected chi connectivity index (χ3v) is 5.68. The summed E-state index contributed by atoms with van der Waals surface area (Å²) in [5.41, 5.74) is 2.24. The number of methoxy groups -OCH3 is 3. The first-order valence-corrected chi connectivity index (χ1v) is 9.79. The molecule has 1 saturated heterocycles. The van der Waals surface area contributed by atoms with Gasteiger partial charge in [-0.25, -0.2) is 0 Å². The van der Waals surface area contributed by atoms with Crippen molar-refractivity contribution in [2.45, 2.75) is 25.8 Å². The van der Waals surface area contributed by atoms with E-state index in [-0.39, 0.29) is 12.0 Å². The van der Waals surface area contributed by atoms with Crippen molar-refractivity contribution in [3.63, 3.8) is 0 Å². The Bertz CT molecular complexity index is 765. The second-order valence-corrected chi connectivity index (χ2v) is 7.65. The van der Waals surface area contributed by atoms with Gasteiger partial charge in [0.1, 0.15) is 5.75 Å². The highest BCUT2D eigenvalue weighted by Crippen LogP contribution is 2.38. The standard InChI is InChI=1S/C23H31NO4/c1-26-20-13-22(28-3)21(27-2)12-19(20)15-24-11-7-10-23(16-24,17-25)14-18-8-5-4-6-9-18/h4-6,8-9,12-13,25H,7,10-11,14-17H2,1-3H3/t23-/m0/s1. The Morgan fingerprint density at radius 2 is 1.64 bits per heavy atom. The van der Waals surface area contributed by atoms with Crippen molar-refractivity contribution < 1.29 is 19.3 Å². The summed E-state index contributed by atoms with van der Waals surface area (Å²) in [4.78, 5) is 2.41. The van der Waals surface area contributed by atoms with Crippen LogP contribution in [0.5, 0.6) is 17.2 Å². The number of piperidine rings is 1. The molecule has 5 nitrogen and oxygen atoms in total. The van der Waals surface area contributed by atoms with Gasteiger partial charge in [0.2, 0.25) is 0 Å². The van der Waals surface area contributed by atoms with Crippen LogP contribution in [0.1, 0.15) is 24.0 Å². The zero-order chi connectivity index (χ0) is 20.0. The predicted molar refractivity (Wildman–Crippen MR) is 110 cm³/mol. The summed E-state index contributed by atoms with van der Waals surface area (Å²) in [7, 11) is 4.95. The largest absolute Gasteiger partial charge is 0.496 e.